The van der Waals surface area contributed by atoms with Crippen molar-refractivity contribution >= 4 is 23.3 Å². The van der Waals surface area contributed by atoms with Crippen LogP contribution in [-0.4, -0.2) is 92.2 Å². The summed E-state index contributed by atoms with van der Waals surface area (Å²) >= 11 is 1.75. The first-order valence-electron chi connectivity index (χ1n) is 32.4. The smallest absolute Gasteiger partial charge is 0.305 e. The summed E-state index contributed by atoms with van der Waals surface area (Å²) in [6, 6.07) is 0. The van der Waals surface area contributed by atoms with E-state index in [9.17, 15) is 14.7 Å². The quantitative estimate of drug-likeness (QED) is 0.0384. The van der Waals surface area contributed by atoms with Crippen molar-refractivity contribution in [1.82, 2.24) is 9.88 Å². The first-order chi connectivity index (χ1) is 37.0. The molecular formula is C64H130N2O8S. The topological polar surface area (TPSA) is 117 Å². The molecular weight excluding hydrogens is 957 g/mol. The molecule has 11 heteroatoms. The summed E-state index contributed by atoms with van der Waals surface area (Å²) in [6.45, 7) is 29.0. The van der Waals surface area contributed by atoms with Gasteiger partial charge in [-0.05, 0) is 83.8 Å². The van der Waals surface area contributed by atoms with Gasteiger partial charge in [0.25, 0.3) is 0 Å². The molecule has 0 aliphatic rings. The predicted molar refractivity (Wildman–Crippen MR) is 325 cm³/mol. The van der Waals surface area contributed by atoms with Crippen LogP contribution in [0.15, 0.2) is 11.6 Å². The predicted octanol–water partition coefficient (Wildman–Crippen LogP) is 19.4. The van der Waals surface area contributed by atoms with Gasteiger partial charge in [-0.1, -0.05) is 230 Å². The summed E-state index contributed by atoms with van der Waals surface area (Å²) in [5.41, 5.74) is 0. The largest absolute Gasteiger partial charge is 0.466 e. The second kappa shape index (κ2) is 72.4. The fourth-order valence-electron chi connectivity index (χ4n) is 8.38. The van der Waals surface area contributed by atoms with Crippen molar-refractivity contribution in [2.45, 2.75) is 333 Å². The molecule has 0 radical (unpaired) electrons. The maximum absolute atomic E-state index is 12.7. The van der Waals surface area contributed by atoms with Gasteiger partial charge in [0.1, 0.15) is 0 Å². The number of carbonyl (C=O) groups is 2. The summed E-state index contributed by atoms with van der Waals surface area (Å²) in [5, 5.41) is 13.4. The number of aryl methyl sites for hydroxylation is 1. The second-order valence-corrected chi connectivity index (χ2v) is 20.1. The molecule has 0 aliphatic heterocycles. The average molecular weight is 1090 g/mol. The highest BCUT2D eigenvalue weighted by Gasteiger charge is 2.14. The number of thiazole rings is 1. The monoisotopic (exact) mass is 1090 g/mol. The summed E-state index contributed by atoms with van der Waals surface area (Å²) in [5.74, 6) is -0.387. The van der Waals surface area contributed by atoms with Crippen molar-refractivity contribution < 1.29 is 38.4 Å². The number of aliphatic hydroxyl groups is 1. The van der Waals surface area contributed by atoms with Crippen molar-refractivity contribution in [1.29, 1.82) is 0 Å². The number of unbranched alkanes of at least 4 members (excludes halogenated alkanes) is 27. The van der Waals surface area contributed by atoms with E-state index in [0.717, 1.165) is 90.3 Å². The Bertz CT molecular complexity index is 1140. The summed E-state index contributed by atoms with van der Waals surface area (Å²) < 4.78 is 28.8. The van der Waals surface area contributed by atoms with Gasteiger partial charge in [-0.15, -0.1) is 11.3 Å². The molecule has 75 heavy (non-hydrogen) atoms. The first-order valence-corrected chi connectivity index (χ1v) is 33.3. The SMILES string of the molecule is CC.CC.CC.CC.CCCCCCCCCOC(O)CCC(=O)OCCCCCCCN(CCCCCCCOC(=O)CCC(OCCCCCCCCC)OCCCCCCCCC)CCCCc1nccs1. The lowest BCUT2D eigenvalue weighted by atomic mass is 10.1. The number of esters is 2. The maximum Gasteiger partial charge on any atom is 0.305 e. The Balaban J connectivity index is -0.00000299. The van der Waals surface area contributed by atoms with Gasteiger partial charge >= 0.3 is 11.9 Å². The van der Waals surface area contributed by atoms with Gasteiger partial charge in [0.2, 0.25) is 0 Å². The minimum atomic E-state index is -0.890. The van der Waals surface area contributed by atoms with Crippen LogP contribution in [0.4, 0.5) is 0 Å². The van der Waals surface area contributed by atoms with E-state index in [4.69, 9.17) is 23.7 Å². The van der Waals surface area contributed by atoms with Gasteiger partial charge in [0.15, 0.2) is 12.6 Å². The molecule has 0 spiro atoms. The molecule has 0 aliphatic carbocycles. The van der Waals surface area contributed by atoms with Crippen LogP contribution in [0, 0.1) is 0 Å². The highest BCUT2D eigenvalue weighted by Crippen LogP contribution is 2.15. The van der Waals surface area contributed by atoms with Crippen LogP contribution in [0.25, 0.3) is 0 Å². The Hall–Kier alpha value is -1.63. The molecule has 0 amide bonds. The molecule has 0 saturated carbocycles. The molecule has 1 heterocycles. The summed E-state index contributed by atoms with van der Waals surface area (Å²) in [7, 11) is 0. The van der Waals surface area contributed by atoms with Crippen LogP contribution < -0.4 is 0 Å². The Labute approximate surface area is 471 Å². The normalized spacial score (nSPS) is 11.2. The Kier molecular flexibility index (Phi) is 77.1. The molecule has 1 atom stereocenters. The van der Waals surface area contributed by atoms with E-state index >= 15 is 0 Å². The molecule has 1 unspecified atom stereocenters. The van der Waals surface area contributed by atoms with E-state index in [1.807, 2.05) is 61.6 Å². The van der Waals surface area contributed by atoms with E-state index in [1.54, 1.807) is 11.3 Å². The van der Waals surface area contributed by atoms with E-state index < -0.39 is 6.29 Å². The van der Waals surface area contributed by atoms with E-state index in [-0.39, 0.29) is 24.6 Å². The maximum atomic E-state index is 12.7. The number of hydrogen-bond acceptors (Lipinski definition) is 11. The average Bonchev–Trinajstić information content (AvgIpc) is 3.97. The van der Waals surface area contributed by atoms with Crippen molar-refractivity contribution in [2.75, 3.05) is 52.7 Å². The molecule has 0 aromatic carbocycles. The molecule has 0 fully saturated rings. The van der Waals surface area contributed by atoms with Crippen LogP contribution in [0.5, 0.6) is 0 Å². The van der Waals surface area contributed by atoms with Crippen LogP contribution in [-0.2, 0) is 39.7 Å². The van der Waals surface area contributed by atoms with Gasteiger partial charge < -0.3 is 33.7 Å². The number of ether oxygens (including phenoxy) is 5. The zero-order valence-electron chi connectivity index (χ0n) is 51.9. The number of nitrogens with zero attached hydrogens (tertiary/aromatic N) is 2. The van der Waals surface area contributed by atoms with Crippen molar-refractivity contribution in [3.8, 4) is 0 Å². The Morgan fingerprint density at radius 1 is 0.453 bits per heavy atom. The minimum Gasteiger partial charge on any atom is -0.466 e. The third-order valence-electron chi connectivity index (χ3n) is 12.7. The number of rotatable bonds is 54. The molecule has 450 valence electrons. The van der Waals surface area contributed by atoms with Gasteiger partial charge in [0.05, 0.1) is 31.1 Å². The molecule has 0 saturated heterocycles. The van der Waals surface area contributed by atoms with Crippen LogP contribution in [0.1, 0.15) is 319 Å². The highest BCUT2D eigenvalue weighted by molar-refractivity contribution is 7.09. The van der Waals surface area contributed by atoms with Crippen molar-refractivity contribution in [3.63, 3.8) is 0 Å². The van der Waals surface area contributed by atoms with Gasteiger partial charge in [0, 0.05) is 44.2 Å². The van der Waals surface area contributed by atoms with E-state index in [2.05, 4.69) is 36.0 Å². The fourth-order valence-corrected chi connectivity index (χ4v) is 9.04. The van der Waals surface area contributed by atoms with E-state index in [0.29, 0.717) is 52.3 Å². The van der Waals surface area contributed by atoms with Gasteiger partial charge in [-0.3, -0.25) is 9.59 Å². The third-order valence-corrected chi connectivity index (χ3v) is 13.5. The highest BCUT2D eigenvalue weighted by atomic mass is 32.1. The Morgan fingerprint density at radius 2 is 0.787 bits per heavy atom. The zero-order chi connectivity index (χ0) is 56.4. The summed E-state index contributed by atoms with van der Waals surface area (Å²) in [4.78, 5) is 32.0. The molecule has 1 aromatic rings. The Morgan fingerprint density at radius 3 is 1.17 bits per heavy atom. The number of carbonyl (C=O) groups excluding carboxylic acids is 2. The molecule has 0 bridgehead atoms. The minimum absolute atomic E-state index is 0.138. The second-order valence-electron chi connectivity index (χ2n) is 19.1. The van der Waals surface area contributed by atoms with Crippen LogP contribution in [0.3, 0.4) is 0 Å². The van der Waals surface area contributed by atoms with Crippen LogP contribution in [0.2, 0.25) is 0 Å². The lowest BCUT2D eigenvalue weighted by Gasteiger charge is -2.22. The van der Waals surface area contributed by atoms with Gasteiger partial charge in [-0.25, -0.2) is 4.98 Å². The fraction of sp³-hybridized carbons (Fsp3) is 0.922. The van der Waals surface area contributed by atoms with Crippen LogP contribution >= 0.6 is 11.3 Å². The first kappa shape index (κ1) is 79.9. The van der Waals surface area contributed by atoms with E-state index in [1.165, 1.54) is 153 Å². The lowest BCUT2D eigenvalue weighted by Crippen LogP contribution is -2.27. The molecule has 10 nitrogen and oxygen atoms in total. The molecule has 1 N–H and O–H groups in total. The number of aromatic nitrogens is 1. The summed E-state index contributed by atoms with van der Waals surface area (Å²) in [6.07, 6.45) is 42.5. The number of hydrogen-bond donors (Lipinski definition) is 1. The molecule has 1 rings (SSSR count). The van der Waals surface area contributed by atoms with Crippen molar-refractivity contribution in [3.05, 3.63) is 16.6 Å². The zero-order valence-corrected chi connectivity index (χ0v) is 52.8. The molecule has 1 aromatic heterocycles. The standard InChI is InChI=1S/C56H106N2O8S.4C2H6/c1-4-7-10-13-16-23-32-46-62-53(59)38-39-54(60)63-47-33-26-19-21-29-43-58(45-31-28-37-52-57-42-51-67-52)44-30-22-20-27-34-48-64-55(61)40-41-56(65-49-35-24-17-14-11-8-5-2)66-50-36-25-18-15-12-9-6-3;4*1-2/h42,51,53,56,59H,4-41,43-50H2,1-3H3;4*1-2H3. The number of aliphatic hydroxyl groups excluding tert-OH is 1. The lowest BCUT2D eigenvalue weighted by molar-refractivity contribution is -0.159. The van der Waals surface area contributed by atoms with Crippen molar-refractivity contribution in [2.24, 2.45) is 0 Å². The third kappa shape index (κ3) is 64.8. The van der Waals surface area contributed by atoms with Gasteiger partial charge in [-0.2, -0.15) is 0 Å².